The molecule has 0 aliphatic rings. The van der Waals surface area contributed by atoms with Crippen LogP contribution in [0.1, 0.15) is 48.5 Å². The first kappa shape index (κ1) is 12.4. The van der Waals surface area contributed by atoms with Gasteiger partial charge in [-0.15, -0.1) is 0 Å². The van der Waals surface area contributed by atoms with Crippen molar-refractivity contribution < 1.29 is 4.79 Å². The number of ketones is 1. The summed E-state index contributed by atoms with van der Waals surface area (Å²) in [6.07, 6.45) is 0. The Hall–Kier alpha value is -0.590. The Kier molecular flexibility index (Phi) is 3.89. The molecule has 1 heteroatoms. The summed E-state index contributed by atoms with van der Waals surface area (Å²) in [7, 11) is 0. The molecule has 0 unspecified atom stereocenters. The molecule has 0 aliphatic carbocycles. The van der Waals surface area contributed by atoms with Gasteiger partial charge in [0.1, 0.15) is 0 Å². The number of allylic oxidation sites excluding steroid dienone is 2. The minimum atomic E-state index is 0.189. The van der Waals surface area contributed by atoms with Gasteiger partial charge < -0.3 is 0 Å². The molecule has 13 heavy (non-hydrogen) atoms. The van der Waals surface area contributed by atoms with Gasteiger partial charge in [0.2, 0.25) is 0 Å². The summed E-state index contributed by atoms with van der Waals surface area (Å²) < 4.78 is 0. The van der Waals surface area contributed by atoms with E-state index in [1.165, 1.54) is 5.57 Å². The average molecular weight is 182 g/mol. The van der Waals surface area contributed by atoms with Crippen LogP contribution in [-0.2, 0) is 4.79 Å². The lowest BCUT2D eigenvalue weighted by Crippen LogP contribution is -2.20. The molecular formula is C12H22O. The fourth-order valence-electron chi connectivity index (χ4n) is 1.25. The molecular weight excluding hydrogens is 160 g/mol. The Balaban J connectivity index is 4.89. The van der Waals surface area contributed by atoms with Crippen LogP contribution in [-0.4, -0.2) is 5.78 Å². The van der Waals surface area contributed by atoms with Gasteiger partial charge in [0.15, 0.2) is 5.78 Å². The Morgan fingerprint density at radius 3 is 1.69 bits per heavy atom. The minimum Gasteiger partial charge on any atom is -0.295 e. The van der Waals surface area contributed by atoms with Crippen molar-refractivity contribution in [3.8, 4) is 0 Å². The van der Waals surface area contributed by atoms with Gasteiger partial charge in [0, 0.05) is 0 Å². The summed E-state index contributed by atoms with van der Waals surface area (Å²) in [6.45, 7) is 14.4. The third-order valence-electron chi connectivity index (χ3n) is 3.07. The number of rotatable bonds is 2. The molecule has 0 bridgehead atoms. The Morgan fingerprint density at radius 1 is 1.08 bits per heavy atom. The average Bonchev–Trinajstić information content (AvgIpc) is 1.98. The maximum atomic E-state index is 11.2. The van der Waals surface area contributed by atoms with Crippen molar-refractivity contribution in [1.82, 2.24) is 0 Å². The normalized spacial score (nSPS) is 16.5. The third-order valence-corrected chi connectivity index (χ3v) is 3.07. The molecule has 0 radical (unpaired) electrons. The van der Waals surface area contributed by atoms with Crippen LogP contribution in [0.5, 0.6) is 0 Å². The van der Waals surface area contributed by atoms with E-state index in [0.717, 1.165) is 5.57 Å². The van der Waals surface area contributed by atoms with Crippen LogP contribution in [0.2, 0.25) is 0 Å². The molecule has 0 aromatic rings. The monoisotopic (exact) mass is 182 g/mol. The van der Waals surface area contributed by atoms with Gasteiger partial charge in [0.05, 0.1) is 0 Å². The fourth-order valence-corrected chi connectivity index (χ4v) is 1.25. The molecule has 0 fully saturated rings. The second-order valence-electron chi connectivity index (χ2n) is 4.95. The van der Waals surface area contributed by atoms with E-state index in [1.54, 1.807) is 6.92 Å². The number of hydrogen-bond donors (Lipinski definition) is 0. The zero-order valence-electron chi connectivity index (χ0n) is 9.99. The molecule has 0 spiro atoms. The molecule has 1 nitrogen and oxygen atoms in total. The minimum absolute atomic E-state index is 0.189. The van der Waals surface area contributed by atoms with Gasteiger partial charge >= 0.3 is 0 Å². The summed E-state index contributed by atoms with van der Waals surface area (Å²) >= 11 is 0. The van der Waals surface area contributed by atoms with Gasteiger partial charge in [0.25, 0.3) is 0 Å². The van der Waals surface area contributed by atoms with E-state index in [-0.39, 0.29) is 11.2 Å². The number of Topliss-reactive ketones (excluding diaryl/α,β-unsaturated/α-hetero) is 1. The number of hydrogen-bond acceptors (Lipinski definition) is 1. The largest absolute Gasteiger partial charge is 0.295 e. The highest BCUT2D eigenvalue weighted by molar-refractivity contribution is 5.93. The molecule has 0 rings (SSSR count). The zero-order chi connectivity index (χ0) is 10.8. The Labute approximate surface area is 82.2 Å². The molecule has 0 N–H and O–H groups in total. The van der Waals surface area contributed by atoms with Gasteiger partial charge in [-0.05, 0) is 37.7 Å². The lowest BCUT2D eigenvalue weighted by atomic mass is 9.76. The summed E-state index contributed by atoms with van der Waals surface area (Å²) in [5, 5.41) is 0. The van der Waals surface area contributed by atoms with E-state index >= 15 is 0 Å². The zero-order valence-corrected chi connectivity index (χ0v) is 9.99. The van der Waals surface area contributed by atoms with E-state index in [1.807, 2.05) is 6.92 Å². The summed E-state index contributed by atoms with van der Waals surface area (Å²) in [6, 6.07) is 0. The molecule has 1 atom stereocenters. The van der Waals surface area contributed by atoms with Crippen LogP contribution in [0.15, 0.2) is 11.1 Å². The second-order valence-corrected chi connectivity index (χ2v) is 4.95. The van der Waals surface area contributed by atoms with E-state index in [9.17, 15) is 4.79 Å². The lowest BCUT2D eigenvalue weighted by molar-refractivity contribution is -0.113. The molecule has 0 amide bonds. The fraction of sp³-hybridized carbons (Fsp3) is 0.750. The molecule has 0 aliphatic heterocycles. The summed E-state index contributed by atoms with van der Waals surface area (Å²) in [4.78, 5) is 11.2. The molecule has 76 valence electrons. The molecule has 0 aromatic heterocycles. The predicted molar refractivity (Wildman–Crippen MR) is 57.7 cm³/mol. The number of carbonyl (C=O) groups excluding carboxylic acids is 1. The van der Waals surface area contributed by atoms with E-state index in [0.29, 0.717) is 5.92 Å². The highest BCUT2D eigenvalue weighted by Crippen LogP contribution is 2.32. The second kappa shape index (κ2) is 4.08. The molecule has 0 heterocycles. The third kappa shape index (κ3) is 3.33. The van der Waals surface area contributed by atoms with Gasteiger partial charge in [-0.3, -0.25) is 4.79 Å². The van der Waals surface area contributed by atoms with E-state index in [4.69, 9.17) is 0 Å². The van der Waals surface area contributed by atoms with Crippen molar-refractivity contribution in [2.75, 3.05) is 0 Å². The van der Waals surface area contributed by atoms with Gasteiger partial charge in [-0.25, -0.2) is 0 Å². The van der Waals surface area contributed by atoms with Crippen LogP contribution in [0.4, 0.5) is 0 Å². The van der Waals surface area contributed by atoms with Crippen molar-refractivity contribution in [1.29, 1.82) is 0 Å². The first-order valence-corrected chi connectivity index (χ1v) is 4.86. The molecule has 0 saturated heterocycles. The highest BCUT2D eigenvalue weighted by Gasteiger charge is 2.23. The summed E-state index contributed by atoms with van der Waals surface area (Å²) in [5.41, 5.74) is 2.38. The van der Waals surface area contributed by atoms with Gasteiger partial charge in [-0.2, -0.15) is 0 Å². The van der Waals surface area contributed by atoms with Crippen molar-refractivity contribution in [3.05, 3.63) is 11.1 Å². The highest BCUT2D eigenvalue weighted by atomic mass is 16.1. The van der Waals surface area contributed by atoms with Crippen molar-refractivity contribution in [2.24, 2.45) is 11.3 Å². The van der Waals surface area contributed by atoms with Crippen molar-refractivity contribution >= 4 is 5.78 Å². The SMILES string of the molecule is CC(=O)/C(C)=C(\C)[C@@H](C)C(C)(C)C. The standard InChI is InChI=1S/C12H22O/c1-8(9(2)11(4)13)10(3)12(5,6)7/h10H,1-7H3/b9-8+/t10-/m1/s1. The predicted octanol–water partition coefficient (Wildman–Crippen LogP) is 3.59. The van der Waals surface area contributed by atoms with Gasteiger partial charge in [-0.1, -0.05) is 33.3 Å². The topological polar surface area (TPSA) is 17.1 Å². The smallest absolute Gasteiger partial charge is 0.155 e. The van der Waals surface area contributed by atoms with Crippen molar-refractivity contribution in [2.45, 2.75) is 48.5 Å². The van der Waals surface area contributed by atoms with Crippen LogP contribution in [0.3, 0.4) is 0 Å². The van der Waals surface area contributed by atoms with Crippen LogP contribution in [0.25, 0.3) is 0 Å². The molecule has 0 saturated carbocycles. The summed E-state index contributed by atoms with van der Waals surface area (Å²) in [5.74, 6) is 0.644. The maximum Gasteiger partial charge on any atom is 0.155 e. The number of carbonyl (C=O) groups is 1. The van der Waals surface area contributed by atoms with Crippen LogP contribution < -0.4 is 0 Å². The van der Waals surface area contributed by atoms with Crippen LogP contribution >= 0.6 is 0 Å². The first-order valence-electron chi connectivity index (χ1n) is 4.86. The molecule has 0 aromatic carbocycles. The van der Waals surface area contributed by atoms with Crippen molar-refractivity contribution in [3.63, 3.8) is 0 Å². The van der Waals surface area contributed by atoms with E-state index in [2.05, 4.69) is 34.6 Å². The quantitative estimate of drug-likeness (QED) is 0.596. The van der Waals surface area contributed by atoms with E-state index < -0.39 is 0 Å². The van der Waals surface area contributed by atoms with Crippen LogP contribution in [0, 0.1) is 11.3 Å². The Bertz CT molecular complexity index is 228. The Morgan fingerprint density at radius 2 is 1.46 bits per heavy atom. The first-order chi connectivity index (χ1) is 5.68. The lowest BCUT2D eigenvalue weighted by Gasteiger charge is -2.29. The maximum absolute atomic E-state index is 11.2.